The van der Waals surface area contributed by atoms with Crippen LogP contribution in [0.2, 0.25) is 0 Å². The Labute approximate surface area is 137 Å². The van der Waals surface area contributed by atoms with Crippen LogP contribution in [0.15, 0.2) is 34.9 Å². The topological polar surface area (TPSA) is 59.5 Å². The van der Waals surface area contributed by atoms with Gasteiger partial charge in [-0.1, -0.05) is 18.2 Å². The molecule has 0 saturated carbocycles. The highest BCUT2D eigenvalue weighted by Crippen LogP contribution is 2.34. The van der Waals surface area contributed by atoms with Gasteiger partial charge in [-0.15, -0.1) is 0 Å². The van der Waals surface area contributed by atoms with E-state index in [4.69, 9.17) is 10.2 Å². The fourth-order valence-electron chi connectivity index (χ4n) is 3.40. The molecule has 23 heavy (non-hydrogen) atoms. The number of carbonyl (C=O) groups is 1. The molecule has 4 heteroatoms. The lowest BCUT2D eigenvalue weighted by Crippen LogP contribution is -2.38. The van der Waals surface area contributed by atoms with Crippen molar-refractivity contribution in [2.75, 3.05) is 6.54 Å². The highest BCUT2D eigenvalue weighted by Gasteiger charge is 2.30. The Balaban J connectivity index is 1.92. The van der Waals surface area contributed by atoms with Crippen LogP contribution in [0.25, 0.3) is 0 Å². The first-order valence-corrected chi connectivity index (χ1v) is 8.26. The Bertz CT molecular complexity index is 705. The highest BCUT2D eigenvalue weighted by atomic mass is 16.3. The summed E-state index contributed by atoms with van der Waals surface area (Å²) >= 11 is 0. The third kappa shape index (κ3) is 3.04. The van der Waals surface area contributed by atoms with Crippen LogP contribution < -0.4 is 5.73 Å². The van der Waals surface area contributed by atoms with Gasteiger partial charge in [0, 0.05) is 6.54 Å². The van der Waals surface area contributed by atoms with Crippen LogP contribution in [0.3, 0.4) is 0 Å². The minimum Gasteiger partial charge on any atom is -0.467 e. The first kappa shape index (κ1) is 15.8. The van der Waals surface area contributed by atoms with Gasteiger partial charge in [0.15, 0.2) is 0 Å². The maximum absolute atomic E-state index is 12.9. The normalized spacial score (nSPS) is 18.2. The van der Waals surface area contributed by atoms with E-state index in [-0.39, 0.29) is 11.9 Å². The van der Waals surface area contributed by atoms with Crippen LogP contribution in [0.4, 0.5) is 0 Å². The third-order valence-electron chi connectivity index (χ3n) is 4.87. The van der Waals surface area contributed by atoms with Gasteiger partial charge in [0.1, 0.15) is 12.0 Å². The van der Waals surface area contributed by atoms with Crippen molar-refractivity contribution < 1.29 is 9.21 Å². The molecule has 1 aromatic carbocycles. The van der Waals surface area contributed by atoms with E-state index in [9.17, 15) is 4.79 Å². The highest BCUT2D eigenvalue weighted by molar-refractivity contribution is 5.94. The van der Waals surface area contributed by atoms with Gasteiger partial charge in [-0.2, -0.15) is 0 Å². The van der Waals surface area contributed by atoms with Crippen LogP contribution in [-0.4, -0.2) is 17.4 Å². The Morgan fingerprint density at radius 3 is 2.91 bits per heavy atom. The van der Waals surface area contributed by atoms with E-state index < -0.39 is 0 Å². The summed E-state index contributed by atoms with van der Waals surface area (Å²) < 4.78 is 5.34. The lowest BCUT2D eigenvalue weighted by atomic mass is 9.90. The van der Waals surface area contributed by atoms with Gasteiger partial charge in [-0.3, -0.25) is 4.79 Å². The van der Waals surface area contributed by atoms with Gasteiger partial charge in [0.25, 0.3) is 5.91 Å². The molecule has 1 aliphatic rings. The largest absolute Gasteiger partial charge is 0.467 e. The summed E-state index contributed by atoms with van der Waals surface area (Å²) in [7, 11) is 0. The number of carbonyl (C=O) groups excluding carboxylic acids is 1. The van der Waals surface area contributed by atoms with E-state index in [0.29, 0.717) is 17.9 Å². The van der Waals surface area contributed by atoms with Crippen molar-refractivity contribution in [3.63, 3.8) is 0 Å². The molecule has 1 saturated heterocycles. The zero-order valence-electron chi connectivity index (χ0n) is 13.8. The summed E-state index contributed by atoms with van der Waals surface area (Å²) in [4.78, 5) is 14.9. The van der Waals surface area contributed by atoms with E-state index in [1.165, 1.54) is 23.0 Å². The zero-order chi connectivity index (χ0) is 16.4. The van der Waals surface area contributed by atoms with Crippen molar-refractivity contribution in [2.24, 2.45) is 5.73 Å². The maximum atomic E-state index is 12.9. The minimum absolute atomic E-state index is 0.0408. The standard InChI is InChI=1S/C19H24N2O2/c1-13-6-5-7-17(14(13)2)18-8-3-4-9-21(18)19(22)15-10-16(11-20)23-12-15/h5-7,10,12,18H,3-4,8-9,11,20H2,1-2H3. The molecule has 2 heterocycles. The van der Waals surface area contributed by atoms with E-state index in [1.807, 2.05) is 4.90 Å². The fourth-order valence-corrected chi connectivity index (χ4v) is 3.40. The number of likely N-dealkylation sites (tertiary alicyclic amines) is 1. The molecule has 0 aliphatic carbocycles. The number of aryl methyl sites for hydroxylation is 1. The molecular formula is C19H24N2O2. The number of hydrogen-bond donors (Lipinski definition) is 1. The van der Waals surface area contributed by atoms with Crippen LogP contribution in [0, 0.1) is 13.8 Å². The molecule has 2 aromatic rings. The summed E-state index contributed by atoms with van der Waals surface area (Å²) in [6, 6.07) is 8.26. The Kier molecular flexibility index (Phi) is 4.53. The average molecular weight is 312 g/mol. The number of nitrogens with zero attached hydrogens (tertiary/aromatic N) is 1. The quantitative estimate of drug-likeness (QED) is 0.939. The number of piperidine rings is 1. The van der Waals surface area contributed by atoms with Crippen LogP contribution >= 0.6 is 0 Å². The smallest absolute Gasteiger partial charge is 0.257 e. The summed E-state index contributed by atoms with van der Waals surface area (Å²) in [5.41, 5.74) is 10.00. The molecule has 122 valence electrons. The number of hydrogen-bond acceptors (Lipinski definition) is 3. The van der Waals surface area contributed by atoms with E-state index >= 15 is 0 Å². The lowest BCUT2D eigenvalue weighted by molar-refractivity contribution is 0.0610. The molecule has 1 fully saturated rings. The molecule has 0 spiro atoms. The van der Waals surface area contributed by atoms with Crippen molar-refractivity contribution >= 4 is 5.91 Å². The maximum Gasteiger partial charge on any atom is 0.257 e. The summed E-state index contributed by atoms with van der Waals surface area (Å²) in [5, 5.41) is 0. The number of benzene rings is 1. The van der Waals surface area contributed by atoms with Gasteiger partial charge in [-0.05, 0) is 55.9 Å². The molecule has 1 aromatic heterocycles. The number of amides is 1. The SMILES string of the molecule is Cc1cccc(C2CCCCN2C(=O)c2coc(CN)c2)c1C. The third-order valence-corrected chi connectivity index (χ3v) is 4.87. The second kappa shape index (κ2) is 6.59. The molecular weight excluding hydrogens is 288 g/mol. The van der Waals surface area contributed by atoms with Crippen molar-refractivity contribution in [1.29, 1.82) is 0 Å². The van der Waals surface area contributed by atoms with Crippen LogP contribution in [0.5, 0.6) is 0 Å². The minimum atomic E-state index is 0.0408. The number of furan rings is 1. The summed E-state index contributed by atoms with van der Waals surface area (Å²) in [6.07, 6.45) is 4.74. The second-order valence-electron chi connectivity index (χ2n) is 6.31. The van der Waals surface area contributed by atoms with Gasteiger partial charge in [0.2, 0.25) is 0 Å². The summed E-state index contributed by atoms with van der Waals surface area (Å²) in [5.74, 6) is 0.688. The molecule has 1 amide bonds. The molecule has 2 N–H and O–H groups in total. The Morgan fingerprint density at radius 1 is 1.35 bits per heavy atom. The van der Waals surface area contributed by atoms with Gasteiger partial charge >= 0.3 is 0 Å². The average Bonchev–Trinajstić information content (AvgIpc) is 3.06. The molecule has 0 radical (unpaired) electrons. The first-order valence-electron chi connectivity index (χ1n) is 8.26. The second-order valence-corrected chi connectivity index (χ2v) is 6.31. The van der Waals surface area contributed by atoms with Crippen molar-refractivity contribution in [2.45, 2.75) is 45.7 Å². The van der Waals surface area contributed by atoms with Gasteiger partial charge in [0.05, 0.1) is 18.2 Å². The predicted octanol–water partition coefficient (Wildman–Crippen LogP) is 3.72. The number of nitrogens with two attached hydrogens (primary N) is 1. The molecule has 0 bridgehead atoms. The molecule has 1 atom stereocenters. The Hall–Kier alpha value is -2.07. The van der Waals surface area contributed by atoms with Crippen molar-refractivity contribution in [3.8, 4) is 0 Å². The zero-order valence-corrected chi connectivity index (χ0v) is 13.8. The summed E-state index contributed by atoms with van der Waals surface area (Å²) in [6.45, 7) is 5.37. The van der Waals surface area contributed by atoms with E-state index in [0.717, 1.165) is 25.8 Å². The van der Waals surface area contributed by atoms with Crippen molar-refractivity contribution in [1.82, 2.24) is 4.90 Å². The van der Waals surface area contributed by atoms with Gasteiger partial charge < -0.3 is 15.1 Å². The van der Waals surface area contributed by atoms with Crippen LogP contribution in [0.1, 0.15) is 58.1 Å². The van der Waals surface area contributed by atoms with Crippen LogP contribution in [-0.2, 0) is 6.54 Å². The number of rotatable bonds is 3. The monoisotopic (exact) mass is 312 g/mol. The van der Waals surface area contributed by atoms with E-state index in [2.05, 4.69) is 32.0 Å². The molecule has 1 unspecified atom stereocenters. The molecule has 3 rings (SSSR count). The van der Waals surface area contributed by atoms with E-state index in [1.54, 1.807) is 6.07 Å². The van der Waals surface area contributed by atoms with Gasteiger partial charge in [-0.25, -0.2) is 0 Å². The molecule has 1 aliphatic heterocycles. The lowest BCUT2D eigenvalue weighted by Gasteiger charge is -2.37. The Morgan fingerprint density at radius 2 is 2.17 bits per heavy atom. The fraction of sp³-hybridized carbons (Fsp3) is 0.421. The van der Waals surface area contributed by atoms with Crippen molar-refractivity contribution in [3.05, 3.63) is 58.5 Å². The first-order chi connectivity index (χ1) is 11.1. The molecule has 4 nitrogen and oxygen atoms in total. The predicted molar refractivity (Wildman–Crippen MR) is 90.1 cm³/mol.